The van der Waals surface area contributed by atoms with Crippen molar-refractivity contribution in [3.63, 3.8) is 0 Å². The molecule has 9 atom stereocenters. The van der Waals surface area contributed by atoms with Crippen LogP contribution in [0.3, 0.4) is 0 Å². The predicted octanol–water partition coefficient (Wildman–Crippen LogP) is 8.47. The fourth-order valence-corrected chi connectivity index (χ4v) is 13.8. The largest absolute Gasteiger partial charge is 0.481 e. The first-order chi connectivity index (χ1) is 27.4. The molecule has 0 aliphatic heterocycles. The number of hydrogen-bond acceptors (Lipinski definition) is 9. The minimum absolute atomic E-state index is 0.00171. The zero-order chi connectivity index (χ0) is 43.2. The van der Waals surface area contributed by atoms with E-state index in [0.29, 0.717) is 48.7 Å². The molecule has 5 aliphatic rings. The van der Waals surface area contributed by atoms with E-state index in [1.54, 1.807) is 19.9 Å². The van der Waals surface area contributed by atoms with Crippen LogP contribution in [0.2, 0.25) is 0 Å². The monoisotopic (exact) mass is 818 g/mol. The number of allylic oxidation sites excluding steroid dienone is 1. The molecule has 0 spiro atoms. The van der Waals surface area contributed by atoms with E-state index in [4.69, 9.17) is 4.74 Å². The first-order valence-corrected chi connectivity index (χ1v) is 22.0. The minimum atomic E-state index is -1.19. The molecule has 2 heterocycles. The number of aliphatic hydroxyl groups is 1. The summed E-state index contributed by atoms with van der Waals surface area (Å²) in [6.07, 6.45) is 7.01. The second-order valence-electron chi connectivity index (χ2n) is 21.7. The molecule has 0 aromatic carbocycles. The van der Waals surface area contributed by atoms with Crippen molar-refractivity contribution < 1.29 is 33.7 Å². The van der Waals surface area contributed by atoms with E-state index in [-0.39, 0.29) is 58.2 Å². The van der Waals surface area contributed by atoms with Gasteiger partial charge in [-0.1, -0.05) is 48.5 Å². The van der Waals surface area contributed by atoms with E-state index in [1.807, 2.05) is 18.7 Å². The highest BCUT2D eigenvalue weighted by Crippen LogP contribution is 2.77. The molecule has 12 heteroatoms. The Morgan fingerprint density at radius 3 is 2.32 bits per heavy atom. The lowest BCUT2D eigenvalue weighted by molar-refractivity contribution is -0.235. The molecule has 7 rings (SSSR count). The van der Waals surface area contributed by atoms with Crippen LogP contribution in [0.4, 0.5) is 4.39 Å². The molecule has 1 unspecified atom stereocenters. The van der Waals surface area contributed by atoms with Crippen LogP contribution in [-0.4, -0.2) is 79.3 Å². The summed E-state index contributed by atoms with van der Waals surface area (Å²) in [5.74, 6) is -0.0540. The summed E-state index contributed by atoms with van der Waals surface area (Å²) in [6, 6.07) is 2.94. The van der Waals surface area contributed by atoms with Crippen molar-refractivity contribution in [1.82, 2.24) is 24.6 Å². The predicted molar refractivity (Wildman–Crippen MR) is 222 cm³/mol. The van der Waals surface area contributed by atoms with Gasteiger partial charge in [-0.05, 0) is 143 Å². The molecule has 4 saturated carbocycles. The van der Waals surface area contributed by atoms with Gasteiger partial charge in [-0.15, -0.1) is 10.2 Å². The number of carboxylic acid groups (broad SMARTS) is 1. The second-order valence-corrected chi connectivity index (χ2v) is 21.7. The van der Waals surface area contributed by atoms with Crippen molar-refractivity contribution in [1.29, 1.82) is 0 Å². The first-order valence-electron chi connectivity index (χ1n) is 22.0. The van der Waals surface area contributed by atoms with Crippen LogP contribution in [-0.2, 0) is 25.7 Å². The maximum atomic E-state index is 14.4. The summed E-state index contributed by atoms with van der Waals surface area (Å²) in [5, 5.41) is 31.8. The van der Waals surface area contributed by atoms with Crippen LogP contribution < -0.4 is 0 Å². The highest BCUT2D eigenvalue weighted by atomic mass is 19.1. The summed E-state index contributed by atoms with van der Waals surface area (Å²) in [6.45, 7) is 20.5. The van der Waals surface area contributed by atoms with Gasteiger partial charge < -0.3 is 24.4 Å². The van der Waals surface area contributed by atoms with Gasteiger partial charge in [0.1, 0.15) is 23.7 Å². The molecule has 0 radical (unpaired) electrons. The van der Waals surface area contributed by atoms with Gasteiger partial charge in [0, 0.05) is 30.3 Å². The Kier molecular flexibility index (Phi) is 11.0. The van der Waals surface area contributed by atoms with Crippen molar-refractivity contribution in [2.24, 2.45) is 56.2 Å². The number of pyridine rings is 1. The summed E-state index contributed by atoms with van der Waals surface area (Å²) in [4.78, 5) is 45.8. The number of fused-ring (bicyclic) bond motifs is 7. The lowest BCUT2D eigenvalue weighted by Crippen LogP contribution is -2.66. The normalized spacial score (nSPS) is 34.6. The van der Waals surface area contributed by atoms with Gasteiger partial charge in [0.25, 0.3) is 0 Å². The number of carboxylic acids is 1. The number of ether oxygens (including phenoxy) is 1. The topological polar surface area (TPSA) is 148 Å². The number of carbonyl (C=O) groups excluding carboxylic acids is 2. The van der Waals surface area contributed by atoms with E-state index < -0.39 is 34.7 Å². The zero-order valence-corrected chi connectivity index (χ0v) is 37.3. The van der Waals surface area contributed by atoms with Gasteiger partial charge in [-0.3, -0.25) is 14.4 Å². The molecule has 324 valence electrons. The molecule has 5 aliphatic carbocycles. The van der Waals surface area contributed by atoms with Gasteiger partial charge in [-0.2, -0.15) is 0 Å². The Morgan fingerprint density at radius 1 is 0.983 bits per heavy atom. The number of carbonyl (C=O) groups is 3. The fraction of sp³-hybridized carbons (Fsp3) is 0.745. The molecular formula is C47H68FN5O6. The second kappa shape index (κ2) is 14.8. The number of aromatic nitrogens is 4. The number of ketones is 1. The molecule has 0 bridgehead atoms. The van der Waals surface area contributed by atoms with Crippen LogP contribution >= 0.6 is 0 Å². The lowest BCUT2D eigenvalue weighted by Gasteiger charge is -2.72. The number of aliphatic carboxylic acids is 1. The SMILES string of the molecule is CC(C)C1=C2[C@H]3CC[C@@H]4C5(C)CC[C@H](OC(=O)CC(C)(C)C(=O)O)C(C)(C)[C@@H]5CC[C@@]4(C)[C@]3(C)CC[C@@]2([C@@H](O)c2nnc(-c3ccc(F)cn3)n2CCN(C)C)CC1=O. The average Bonchev–Trinajstić information content (AvgIpc) is 3.70. The molecule has 0 saturated heterocycles. The third-order valence-electron chi connectivity index (χ3n) is 17.1. The van der Waals surface area contributed by atoms with Crippen molar-refractivity contribution in [2.45, 2.75) is 145 Å². The highest BCUT2D eigenvalue weighted by Gasteiger charge is 2.71. The van der Waals surface area contributed by atoms with Crippen molar-refractivity contribution >= 4 is 17.7 Å². The van der Waals surface area contributed by atoms with Gasteiger partial charge in [0.2, 0.25) is 0 Å². The number of rotatable bonds is 11. The smallest absolute Gasteiger partial charge is 0.309 e. The van der Waals surface area contributed by atoms with E-state index in [0.717, 1.165) is 56.1 Å². The molecule has 4 fully saturated rings. The van der Waals surface area contributed by atoms with Gasteiger partial charge in [-0.25, -0.2) is 9.37 Å². The standard InChI is InChI=1S/C47H68FN5O6/c1-27(2)36-31(54)24-47(38(56)40-51-50-39(53(40)23-22-52(10)11)30-14-12-28(48)26-49-30)21-20-45(8)29(37(36)47)13-15-33-44(7)18-17-34(59-35(55)25-42(3,4)41(57)58)43(5,6)32(44)16-19-46(33,45)9/h12,14,26-27,29,32-34,38,56H,13,15-25H2,1-11H3,(H,57,58)/t29-,32+,33-,34+,38+,44?,45-,46-,47-/m1/s1. The summed E-state index contributed by atoms with van der Waals surface area (Å²) in [5.41, 5.74) is 0.0159. The number of hydrogen-bond donors (Lipinski definition) is 2. The Bertz CT molecular complexity index is 2020. The van der Waals surface area contributed by atoms with Crippen LogP contribution in [0.15, 0.2) is 29.5 Å². The van der Waals surface area contributed by atoms with Gasteiger partial charge in [0.15, 0.2) is 17.4 Å². The Hall–Kier alpha value is -3.51. The van der Waals surface area contributed by atoms with Crippen molar-refractivity contribution in [3.8, 4) is 11.5 Å². The maximum absolute atomic E-state index is 14.4. The van der Waals surface area contributed by atoms with E-state index in [9.17, 15) is 29.0 Å². The first kappa shape index (κ1) is 43.6. The quantitative estimate of drug-likeness (QED) is 0.212. The number of esters is 1. The summed E-state index contributed by atoms with van der Waals surface area (Å²) >= 11 is 0. The average molecular weight is 818 g/mol. The lowest BCUT2D eigenvalue weighted by atomic mass is 9.33. The maximum Gasteiger partial charge on any atom is 0.309 e. The van der Waals surface area contributed by atoms with Crippen LogP contribution in [0.25, 0.3) is 11.5 Å². The van der Waals surface area contributed by atoms with Crippen molar-refractivity contribution in [3.05, 3.63) is 41.1 Å². The van der Waals surface area contributed by atoms with Crippen LogP contribution in [0, 0.1) is 62.0 Å². The Labute approximate surface area is 350 Å². The number of Topliss-reactive ketones (excluding diaryl/α,β-unsaturated/α-hetero) is 1. The number of likely N-dealkylation sites (N-methyl/N-ethyl adjacent to an activating group) is 1. The Balaban J connectivity index is 1.23. The Morgan fingerprint density at radius 2 is 1.69 bits per heavy atom. The minimum Gasteiger partial charge on any atom is -0.481 e. The van der Waals surface area contributed by atoms with Gasteiger partial charge in [0.05, 0.1) is 18.0 Å². The number of nitrogens with zero attached hydrogens (tertiary/aromatic N) is 5. The molecule has 2 aromatic rings. The summed E-state index contributed by atoms with van der Waals surface area (Å²) < 4.78 is 22.1. The molecule has 59 heavy (non-hydrogen) atoms. The molecule has 2 N–H and O–H groups in total. The number of aliphatic hydroxyl groups excluding tert-OH is 1. The van der Waals surface area contributed by atoms with Crippen LogP contribution in [0.1, 0.15) is 138 Å². The van der Waals surface area contributed by atoms with Gasteiger partial charge >= 0.3 is 11.9 Å². The molecule has 2 aromatic heterocycles. The zero-order valence-electron chi connectivity index (χ0n) is 37.3. The summed E-state index contributed by atoms with van der Waals surface area (Å²) in [7, 11) is 3.97. The molecule has 11 nitrogen and oxygen atoms in total. The molecular weight excluding hydrogens is 750 g/mol. The number of halogens is 1. The van der Waals surface area contributed by atoms with Crippen molar-refractivity contribution in [2.75, 3.05) is 20.6 Å². The third-order valence-corrected chi connectivity index (χ3v) is 17.1. The van der Waals surface area contributed by atoms with E-state index in [2.05, 4.69) is 68.5 Å². The fourth-order valence-electron chi connectivity index (χ4n) is 13.8. The third kappa shape index (κ3) is 6.72. The van der Waals surface area contributed by atoms with E-state index in [1.165, 1.54) is 12.3 Å². The molecule has 0 amide bonds. The highest BCUT2D eigenvalue weighted by molar-refractivity contribution is 6.00. The van der Waals surface area contributed by atoms with Crippen LogP contribution in [0.5, 0.6) is 0 Å². The van der Waals surface area contributed by atoms with E-state index >= 15 is 0 Å².